The molecule has 0 aromatic heterocycles. The molecule has 0 aliphatic carbocycles. The van der Waals surface area contributed by atoms with E-state index < -0.39 is 90.7 Å². The van der Waals surface area contributed by atoms with Crippen LogP contribution in [0.1, 0.15) is 53.4 Å². The molecule has 1 unspecified atom stereocenters. The SMILES string of the molecule is CCS[C@@H]1O[C@@H]2COC(c3ccccc3)O[C@H]2[C@H](O[C@@H]2O[C@@H](C)[C@H](OC(C)=O)[C@@H](OC(C)=O)[C@H]2OC(C)=O)[C@H]1OC(C)=O. The summed E-state index contributed by atoms with van der Waals surface area (Å²) in [7, 11) is 0. The number of carbonyl (C=O) groups excluding carboxylic acids is 4. The number of hydrogen-bond acceptors (Lipinski definition) is 14. The maximum Gasteiger partial charge on any atom is 0.303 e. The monoisotopic (exact) mass is 626 g/mol. The molecule has 3 saturated heterocycles. The lowest BCUT2D eigenvalue weighted by molar-refractivity contribution is -0.364. The highest BCUT2D eigenvalue weighted by Crippen LogP contribution is 2.41. The van der Waals surface area contributed by atoms with Gasteiger partial charge in [0.25, 0.3) is 0 Å². The van der Waals surface area contributed by atoms with Crippen LogP contribution in [-0.4, -0.2) is 96.8 Å². The number of rotatable bonds is 9. The van der Waals surface area contributed by atoms with Crippen molar-refractivity contribution in [3.8, 4) is 0 Å². The van der Waals surface area contributed by atoms with Gasteiger partial charge >= 0.3 is 23.9 Å². The molecule has 0 bridgehead atoms. The van der Waals surface area contributed by atoms with Gasteiger partial charge in [-0.15, -0.1) is 11.8 Å². The van der Waals surface area contributed by atoms with Crippen molar-refractivity contribution in [3.63, 3.8) is 0 Å². The molecule has 1 aromatic rings. The number of benzene rings is 1. The third kappa shape index (κ3) is 8.25. The van der Waals surface area contributed by atoms with E-state index in [9.17, 15) is 19.2 Å². The highest BCUT2D eigenvalue weighted by Gasteiger charge is 2.57. The Morgan fingerprint density at radius 3 is 1.95 bits per heavy atom. The normalized spacial score (nSPS) is 35.6. The van der Waals surface area contributed by atoms with Crippen molar-refractivity contribution in [1.29, 1.82) is 0 Å². The maximum atomic E-state index is 12.3. The molecule has 1 aromatic carbocycles. The van der Waals surface area contributed by atoms with Gasteiger partial charge in [0.15, 0.2) is 37.0 Å². The molecule has 3 heterocycles. The van der Waals surface area contributed by atoms with Crippen molar-refractivity contribution in [1.82, 2.24) is 0 Å². The number of fused-ring (bicyclic) bond motifs is 1. The van der Waals surface area contributed by atoms with E-state index in [2.05, 4.69) is 0 Å². The summed E-state index contributed by atoms with van der Waals surface area (Å²) >= 11 is 1.41. The van der Waals surface area contributed by atoms with E-state index in [1.54, 1.807) is 6.92 Å². The molecule has 13 nitrogen and oxygen atoms in total. The summed E-state index contributed by atoms with van der Waals surface area (Å²) in [5.41, 5.74) is 0.0974. The lowest BCUT2D eigenvalue weighted by Crippen LogP contribution is -2.66. The van der Waals surface area contributed by atoms with Crippen molar-refractivity contribution in [3.05, 3.63) is 35.9 Å². The molecular weight excluding hydrogens is 588 g/mol. The molecule has 0 radical (unpaired) electrons. The minimum Gasteiger partial charge on any atom is -0.456 e. The fraction of sp³-hybridized carbons (Fsp3) is 0.655. The molecule has 0 saturated carbocycles. The standard InChI is InChI=1S/C29H38O13S/c1-7-43-29-26(39-18(6)33)24(22-20(40-29)13-34-27(41-22)19-11-9-8-10-12-19)42-28-25(38-17(5)32)23(37-16(4)31)21(14(2)35-28)36-15(3)30/h8-12,14,20-29H,7,13H2,1-6H3/t14-,20+,21-,22+,23+,24-,25+,26+,27?,28-,29-/m0/s1. The van der Waals surface area contributed by atoms with Gasteiger partial charge < -0.3 is 42.6 Å². The number of esters is 4. The predicted octanol–water partition coefficient (Wildman–Crippen LogP) is 2.44. The van der Waals surface area contributed by atoms with Gasteiger partial charge in [-0.3, -0.25) is 19.2 Å². The van der Waals surface area contributed by atoms with Crippen LogP contribution in [0, 0.1) is 0 Å². The average Bonchev–Trinajstić information content (AvgIpc) is 2.94. The third-order valence-electron chi connectivity index (χ3n) is 6.91. The molecule has 11 atom stereocenters. The van der Waals surface area contributed by atoms with E-state index in [1.807, 2.05) is 37.3 Å². The Hall–Kier alpha value is -2.75. The van der Waals surface area contributed by atoms with Gasteiger partial charge in [0.2, 0.25) is 0 Å². The van der Waals surface area contributed by atoms with Crippen molar-refractivity contribution in [2.24, 2.45) is 0 Å². The van der Waals surface area contributed by atoms with Gasteiger partial charge in [-0.1, -0.05) is 37.3 Å². The number of ether oxygens (including phenoxy) is 9. The van der Waals surface area contributed by atoms with E-state index in [0.717, 1.165) is 5.56 Å². The van der Waals surface area contributed by atoms with Gasteiger partial charge in [0.05, 0.1) is 12.7 Å². The first-order valence-corrected chi connectivity index (χ1v) is 15.1. The fourth-order valence-corrected chi connectivity index (χ4v) is 6.28. The fourth-order valence-electron chi connectivity index (χ4n) is 5.33. The highest BCUT2D eigenvalue weighted by molar-refractivity contribution is 7.99. The first-order valence-electron chi connectivity index (χ1n) is 14.1. The second-order valence-corrected chi connectivity index (χ2v) is 11.7. The molecule has 3 fully saturated rings. The summed E-state index contributed by atoms with van der Waals surface area (Å²) < 4.78 is 53.6. The van der Waals surface area contributed by atoms with Gasteiger partial charge in [-0.05, 0) is 12.7 Å². The van der Waals surface area contributed by atoms with Crippen LogP contribution in [0.3, 0.4) is 0 Å². The molecule has 3 aliphatic heterocycles. The first kappa shape index (κ1) is 33.1. The summed E-state index contributed by atoms with van der Waals surface area (Å²) in [6.45, 7) is 8.51. The van der Waals surface area contributed by atoms with Gasteiger partial charge in [-0.25, -0.2) is 0 Å². The van der Waals surface area contributed by atoms with Crippen LogP contribution in [0.25, 0.3) is 0 Å². The van der Waals surface area contributed by atoms with Crippen LogP contribution in [0.2, 0.25) is 0 Å². The molecular formula is C29H38O13S. The molecule has 238 valence electrons. The summed E-state index contributed by atoms with van der Waals surface area (Å²) in [5.74, 6) is -2.01. The van der Waals surface area contributed by atoms with Crippen LogP contribution in [0.5, 0.6) is 0 Å². The Morgan fingerprint density at radius 1 is 0.767 bits per heavy atom. The van der Waals surface area contributed by atoms with E-state index in [-0.39, 0.29) is 6.61 Å². The Balaban J connectivity index is 1.72. The zero-order valence-electron chi connectivity index (χ0n) is 24.9. The zero-order valence-corrected chi connectivity index (χ0v) is 25.7. The van der Waals surface area contributed by atoms with Crippen LogP contribution in [0.4, 0.5) is 0 Å². The average molecular weight is 627 g/mol. The van der Waals surface area contributed by atoms with E-state index >= 15 is 0 Å². The molecule has 43 heavy (non-hydrogen) atoms. The van der Waals surface area contributed by atoms with Gasteiger partial charge in [0, 0.05) is 33.3 Å². The first-order chi connectivity index (χ1) is 20.5. The summed E-state index contributed by atoms with van der Waals surface area (Å²) in [6.07, 6.45) is -10.2. The third-order valence-corrected chi connectivity index (χ3v) is 7.95. The topological polar surface area (TPSA) is 151 Å². The maximum absolute atomic E-state index is 12.3. The van der Waals surface area contributed by atoms with E-state index in [4.69, 9.17) is 42.6 Å². The Morgan fingerprint density at radius 2 is 1.35 bits per heavy atom. The van der Waals surface area contributed by atoms with Crippen molar-refractivity contribution < 1.29 is 61.8 Å². The van der Waals surface area contributed by atoms with Crippen LogP contribution in [-0.2, 0) is 61.8 Å². The zero-order chi connectivity index (χ0) is 31.3. The second-order valence-electron chi connectivity index (χ2n) is 10.3. The number of thioether (sulfide) groups is 1. The van der Waals surface area contributed by atoms with Crippen molar-refractivity contribution in [2.75, 3.05) is 12.4 Å². The Kier molecular flexibility index (Phi) is 11.4. The highest BCUT2D eigenvalue weighted by atomic mass is 32.2. The second kappa shape index (κ2) is 14.8. The van der Waals surface area contributed by atoms with Gasteiger partial charge in [0.1, 0.15) is 23.7 Å². The molecule has 14 heteroatoms. The van der Waals surface area contributed by atoms with Crippen LogP contribution < -0.4 is 0 Å². The smallest absolute Gasteiger partial charge is 0.303 e. The molecule has 0 spiro atoms. The molecule has 4 rings (SSSR count). The summed E-state index contributed by atoms with van der Waals surface area (Å²) in [4.78, 5) is 48.6. The van der Waals surface area contributed by atoms with Crippen LogP contribution >= 0.6 is 11.8 Å². The summed E-state index contributed by atoms with van der Waals surface area (Å²) in [6, 6.07) is 9.28. The minimum absolute atomic E-state index is 0.150. The predicted molar refractivity (Wildman–Crippen MR) is 148 cm³/mol. The quantitative estimate of drug-likeness (QED) is 0.291. The van der Waals surface area contributed by atoms with Crippen molar-refractivity contribution >= 4 is 35.6 Å². The largest absolute Gasteiger partial charge is 0.456 e. The lowest BCUT2D eigenvalue weighted by atomic mass is 9.96. The van der Waals surface area contributed by atoms with Crippen LogP contribution in [0.15, 0.2) is 30.3 Å². The lowest BCUT2D eigenvalue weighted by Gasteiger charge is -2.51. The Labute approximate surface area is 254 Å². The van der Waals surface area contributed by atoms with E-state index in [1.165, 1.54) is 39.5 Å². The summed E-state index contributed by atoms with van der Waals surface area (Å²) in [5, 5.41) is 0. The molecule has 0 amide bonds. The molecule has 0 N–H and O–H groups in total. The Bertz CT molecular complexity index is 1130. The minimum atomic E-state index is -1.36. The van der Waals surface area contributed by atoms with E-state index in [0.29, 0.717) is 5.75 Å². The number of hydrogen-bond donors (Lipinski definition) is 0. The molecule has 3 aliphatic rings. The number of carbonyl (C=O) groups is 4. The van der Waals surface area contributed by atoms with Crippen molar-refractivity contribution in [2.45, 2.75) is 108 Å². The van der Waals surface area contributed by atoms with Gasteiger partial charge in [-0.2, -0.15) is 0 Å².